The number of likely N-dealkylation sites (N-methyl/N-ethyl adjacent to an activating group) is 1. The average molecular weight is 473 g/mol. The third-order valence-corrected chi connectivity index (χ3v) is 7.09. The van der Waals surface area contributed by atoms with Gasteiger partial charge in [-0.15, -0.1) is 0 Å². The average Bonchev–Trinajstić information content (AvgIpc) is 3.20. The number of nitrogens with zero attached hydrogens (tertiary/aromatic N) is 4. The predicted octanol–water partition coefficient (Wildman–Crippen LogP) is 3.52. The second-order valence-corrected chi connectivity index (χ2v) is 8.96. The highest BCUT2D eigenvalue weighted by Crippen LogP contribution is 2.45. The molecule has 0 bridgehead atoms. The molecule has 33 heavy (non-hydrogen) atoms. The maximum absolute atomic E-state index is 15.0. The van der Waals surface area contributed by atoms with Gasteiger partial charge in [-0.05, 0) is 31.9 Å². The van der Waals surface area contributed by atoms with E-state index in [9.17, 15) is 14.0 Å². The molecule has 1 fully saturated rings. The lowest BCUT2D eigenvalue weighted by Crippen LogP contribution is -2.49. The highest BCUT2D eigenvalue weighted by Gasteiger charge is 2.42. The molecule has 0 spiro atoms. The third-order valence-electron chi connectivity index (χ3n) is 6.20. The van der Waals surface area contributed by atoms with Crippen LogP contribution in [0.1, 0.15) is 38.8 Å². The SMILES string of the molecule is CCOC(=O)C1=C(C)N=C2SC=C(CC(=O)N3CCN(CC)CC3)N2C1c1ccccc1F. The smallest absolute Gasteiger partial charge is 0.338 e. The minimum atomic E-state index is -0.747. The summed E-state index contributed by atoms with van der Waals surface area (Å²) < 4.78 is 20.3. The van der Waals surface area contributed by atoms with E-state index in [1.54, 1.807) is 32.0 Å². The number of esters is 1. The number of carbonyl (C=O) groups is 2. The zero-order chi connectivity index (χ0) is 23.5. The topological polar surface area (TPSA) is 65.5 Å². The third kappa shape index (κ3) is 4.70. The molecule has 0 aromatic heterocycles. The number of thioether (sulfide) groups is 1. The Hall–Kier alpha value is -2.65. The summed E-state index contributed by atoms with van der Waals surface area (Å²) in [5.74, 6) is -0.920. The summed E-state index contributed by atoms with van der Waals surface area (Å²) in [4.78, 5) is 36.7. The van der Waals surface area contributed by atoms with Crippen LogP contribution in [0.25, 0.3) is 0 Å². The number of halogens is 1. The first kappa shape index (κ1) is 23.5. The summed E-state index contributed by atoms with van der Waals surface area (Å²) in [7, 11) is 0. The van der Waals surface area contributed by atoms with Gasteiger partial charge in [0.15, 0.2) is 5.17 Å². The number of carbonyl (C=O) groups excluding carboxylic acids is 2. The molecule has 3 heterocycles. The monoisotopic (exact) mass is 472 g/mol. The molecule has 3 aliphatic rings. The van der Waals surface area contributed by atoms with Crippen LogP contribution in [-0.2, 0) is 14.3 Å². The number of hydrogen-bond donors (Lipinski definition) is 0. The van der Waals surface area contributed by atoms with Gasteiger partial charge in [0, 0.05) is 37.4 Å². The van der Waals surface area contributed by atoms with E-state index in [1.165, 1.54) is 17.8 Å². The Balaban J connectivity index is 1.64. The largest absolute Gasteiger partial charge is 0.463 e. The number of amides is 1. The van der Waals surface area contributed by atoms with Crippen molar-refractivity contribution >= 4 is 28.8 Å². The molecule has 1 amide bonds. The van der Waals surface area contributed by atoms with Gasteiger partial charge in [0.1, 0.15) is 5.82 Å². The number of amidine groups is 1. The maximum Gasteiger partial charge on any atom is 0.338 e. The minimum Gasteiger partial charge on any atom is -0.463 e. The van der Waals surface area contributed by atoms with Crippen molar-refractivity contribution < 1.29 is 18.7 Å². The van der Waals surface area contributed by atoms with E-state index in [1.807, 2.05) is 15.2 Å². The van der Waals surface area contributed by atoms with Crippen LogP contribution in [0.5, 0.6) is 0 Å². The molecule has 1 atom stereocenters. The first-order chi connectivity index (χ1) is 15.9. The molecule has 0 saturated carbocycles. The van der Waals surface area contributed by atoms with E-state index in [2.05, 4.69) is 16.8 Å². The van der Waals surface area contributed by atoms with Crippen LogP contribution in [0.2, 0.25) is 0 Å². The second-order valence-electron chi connectivity index (χ2n) is 8.13. The van der Waals surface area contributed by atoms with Crippen LogP contribution in [0, 0.1) is 5.82 Å². The molecule has 1 aromatic rings. The van der Waals surface area contributed by atoms with Crippen molar-refractivity contribution in [2.45, 2.75) is 33.2 Å². The quantitative estimate of drug-likeness (QED) is 0.591. The number of allylic oxidation sites excluding steroid dienone is 1. The van der Waals surface area contributed by atoms with Gasteiger partial charge in [-0.2, -0.15) is 0 Å². The number of fused-ring (bicyclic) bond motifs is 1. The lowest BCUT2D eigenvalue weighted by Gasteiger charge is -2.37. The lowest BCUT2D eigenvalue weighted by molar-refractivity contribution is -0.139. The molecular weight excluding hydrogens is 443 g/mol. The summed E-state index contributed by atoms with van der Waals surface area (Å²) in [6.45, 7) is 9.88. The molecule has 1 unspecified atom stereocenters. The van der Waals surface area contributed by atoms with E-state index in [0.717, 1.165) is 19.6 Å². The van der Waals surface area contributed by atoms with E-state index in [0.29, 0.717) is 40.8 Å². The first-order valence-corrected chi connectivity index (χ1v) is 12.2. The standard InChI is InChI=1S/C24H29FN4O3S/c1-4-27-10-12-28(13-11-27)20(30)14-17-15-33-24-26-16(3)21(23(31)32-5-2)22(29(17)24)18-8-6-7-9-19(18)25/h6-9,15,22H,4-5,10-14H2,1-3H3. The van der Waals surface area contributed by atoms with Crippen LogP contribution in [0.4, 0.5) is 4.39 Å². The van der Waals surface area contributed by atoms with Gasteiger partial charge in [-0.25, -0.2) is 14.2 Å². The summed E-state index contributed by atoms with van der Waals surface area (Å²) in [6, 6.07) is 5.66. The summed E-state index contributed by atoms with van der Waals surface area (Å²) >= 11 is 1.39. The molecule has 3 aliphatic heterocycles. The fraction of sp³-hybridized carbons (Fsp3) is 0.458. The molecule has 0 N–H and O–H groups in total. The van der Waals surface area contributed by atoms with Crippen LogP contribution >= 0.6 is 11.8 Å². The molecule has 4 rings (SSSR count). The highest BCUT2D eigenvalue weighted by atomic mass is 32.2. The molecule has 1 aromatic carbocycles. The molecular formula is C24H29FN4O3S. The number of hydrogen-bond acceptors (Lipinski definition) is 7. The number of aliphatic imine (C=N–C) groups is 1. The van der Waals surface area contributed by atoms with E-state index < -0.39 is 17.8 Å². The number of rotatable bonds is 6. The Morgan fingerprint density at radius 2 is 1.91 bits per heavy atom. The first-order valence-electron chi connectivity index (χ1n) is 11.3. The van der Waals surface area contributed by atoms with Crippen molar-refractivity contribution in [1.82, 2.24) is 14.7 Å². The molecule has 176 valence electrons. The Morgan fingerprint density at radius 1 is 1.18 bits per heavy atom. The van der Waals surface area contributed by atoms with Crippen LogP contribution in [-0.4, -0.2) is 71.1 Å². The van der Waals surface area contributed by atoms with Crippen molar-refractivity contribution in [2.75, 3.05) is 39.3 Å². The molecule has 0 radical (unpaired) electrons. The number of ether oxygens (including phenoxy) is 1. The summed E-state index contributed by atoms with van der Waals surface area (Å²) in [5, 5.41) is 2.52. The van der Waals surface area contributed by atoms with Crippen molar-refractivity contribution in [3.8, 4) is 0 Å². The van der Waals surface area contributed by atoms with Gasteiger partial charge in [0.25, 0.3) is 0 Å². The van der Waals surface area contributed by atoms with Gasteiger partial charge in [0.05, 0.1) is 30.3 Å². The van der Waals surface area contributed by atoms with E-state index in [-0.39, 0.29) is 18.9 Å². The summed E-state index contributed by atoms with van der Waals surface area (Å²) in [5.41, 5.74) is 1.86. The number of piperazine rings is 1. The van der Waals surface area contributed by atoms with Gasteiger partial charge < -0.3 is 19.4 Å². The second kappa shape index (κ2) is 10.1. The zero-order valence-electron chi connectivity index (χ0n) is 19.2. The van der Waals surface area contributed by atoms with Gasteiger partial charge >= 0.3 is 5.97 Å². The number of benzene rings is 1. The van der Waals surface area contributed by atoms with Gasteiger partial charge in [-0.1, -0.05) is 36.9 Å². The van der Waals surface area contributed by atoms with E-state index >= 15 is 0 Å². The van der Waals surface area contributed by atoms with Gasteiger partial charge in [0.2, 0.25) is 5.91 Å². The Bertz CT molecular complexity index is 1030. The minimum absolute atomic E-state index is 0.0232. The Labute approximate surface area is 198 Å². The van der Waals surface area contributed by atoms with E-state index in [4.69, 9.17) is 4.74 Å². The fourth-order valence-corrected chi connectivity index (χ4v) is 5.38. The maximum atomic E-state index is 15.0. The fourth-order valence-electron chi connectivity index (χ4n) is 4.41. The van der Waals surface area contributed by atoms with Crippen molar-refractivity contribution in [3.63, 3.8) is 0 Å². The van der Waals surface area contributed by atoms with Crippen molar-refractivity contribution in [1.29, 1.82) is 0 Å². The lowest BCUT2D eigenvalue weighted by atomic mass is 9.93. The van der Waals surface area contributed by atoms with Crippen molar-refractivity contribution in [3.05, 3.63) is 58.0 Å². The Kier molecular flexibility index (Phi) is 7.19. The predicted molar refractivity (Wildman–Crippen MR) is 127 cm³/mol. The Morgan fingerprint density at radius 3 is 2.58 bits per heavy atom. The molecule has 0 aliphatic carbocycles. The van der Waals surface area contributed by atoms with Crippen molar-refractivity contribution in [2.24, 2.45) is 4.99 Å². The molecule has 1 saturated heterocycles. The van der Waals surface area contributed by atoms with Crippen LogP contribution < -0.4 is 0 Å². The molecule has 7 nitrogen and oxygen atoms in total. The van der Waals surface area contributed by atoms with Crippen LogP contribution in [0.15, 0.2) is 51.6 Å². The van der Waals surface area contributed by atoms with Crippen LogP contribution in [0.3, 0.4) is 0 Å². The molecule has 9 heteroatoms. The summed E-state index contributed by atoms with van der Waals surface area (Å²) in [6.07, 6.45) is 0.165. The highest BCUT2D eigenvalue weighted by molar-refractivity contribution is 8.16. The van der Waals surface area contributed by atoms with Gasteiger partial charge in [-0.3, -0.25) is 4.79 Å². The zero-order valence-corrected chi connectivity index (χ0v) is 20.0. The normalized spacial score (nSPS) is 21.0.